The van der Waals surface area contributed by atoms with Crippen molar-refractivity contribution in [3.63, 3.8) is 0 Å². The highest BCUT2D eigenvalue weighted by atomic mass is 35.5. The van der Waals surface area contributed by atoms with Crippen molar-refractivity contribution in [1.29, 1.82) is 0 Å². The second-order valence-corrected chi connectivity index (χ2v) is 3.64. The highest BCUT2D eigenvalue weighted by Gasteiger charge is 2.10. The number of aromatic nitrogens is 2. The Bertz CT molecular complexity index is 488. The maximum Gasteiger partial charge on any atom is 0.132 e. The molecule has 0 unspecified atom stereocenters. The first kappa shape index (κ1) is 9.98. The normalized spacial score (nSPS) is 10.6. The SMILES string of the molecule is Cn1nc(-c2cc(Cl)ccc2F)cc1N. The van der Waals surface area contributed by atoms with Gasteiger partial charge >= 0.3 is 0 Å². The van der Waals surface area contributed by atoms with Crippen molar-refractivity contribution in [3.05, 3.63) is 35.1 Å². The second-order valence-electron chi connectivity index (χ2n) is 3.20. The zero-order valence-corrected chi connectivity index (χ0v) is 8.79. The quantitative estimate of drug-likeness (QED) is 0.810. The first-order chi connectivity index (χ1) is 7.08. The number of nitrogens with two attached hydrogens (primary N) is 1. The summed E-state index contributed by atoms with van der Waals surface area (Å²) in [6.45, 7) is 0. The van der Waals surface area contributed by atoms with E-state index in [2.05, 4.69) is 5.10 Å². The number of anilines is 1. The fourth-order valence-electron chi connectivity index (χ4n) is 1.31. The third kappa shape index (κ3) is 1.80. The van der Waals surface area contributed by atoms with Gasteiger partial charge < -0.3 is 5.73 Å². The Morgan fingerprint density at radius 3 is 2.73 bits per heavy atom. The lowest BCUT2D eigenvalue weighted by Crippen LogP contribution is -1.96. The van der Waals surface area contributed by atoms with Crippen molar-refractivity contribution in [2.24, 2.45) is 7.05 Å². The molecule has 0 amide bonds. The molecule has 1 aromatic carbocycles. The molecule has 0 atom stereocenters. The van der Waals surface area contributed by atoms with Crippen molar-refractivity contribution >= 4 is 17.4 Å². The van der Waals surface area contributed by atoms with Gasteiger partial charge in [0.15, 0.2) is 0 Å². The minimum absolute atomic E-state index is 0.356. The molecule has 0 aliphatic heterocycles. The number of halogens is 2. The molecule has 2 N–H and O–H groups in total. The molecule has 2 rings (SSSR count). The number of nitrogen functional groups attached to an aromatic ring is 1. The smallest absolute Gasteiger partial charge is 0.132 e. The average Bonchev–Trinajstić information content (AvgIpc) is 2.51. The van der Waals surface area contributed by atoms with Crippen LogP contribution in [0.1, 0.15) is 0 Å². The van der Waals surface area contributed by atoms with Crippen LogP contribution in [0.25, 0.3) is 11.3 Å². The van der Waals surface area contributed by atoms with Gasteiger partial charge in [-0.2, -0.15) is 5.10 Å². The van der Waals surface area contributed by atoms with Crippen LogP contribution in [0.2, 0.25) is 5.02 Å². The highest BCUT2D eigenvalue weighted by molar-refractivity contribution is 6.30. The van der Waals surface area contributed by atoms with Crippen LogP contribution in [0.4, 0.5) is 10.2 Å². The molecule has 0 aliphatic rings. The van der Waals surface area contributed by atoms with E-state index in [1.807, 2.05) is 0 Å². The number of nitrogens with zero attached hydrogens (tertiary/aromatic N) is 2. The summed E-state index contributed by atoms with van der Waals surface area (Å²) >= 11 is 5.78. The molecule has 0 aliphatic carbocycles. The van der Waals surface area contributed by atoms with Gasteiger partial charge in [0.2, 0.25) is 0 Å². The van der Waals surface area contributed by atoms with E-state index in [9.17, 15) is 4.39 Å². The van der Waals surface area contributed by atoms with Gasteiger partial charge in [-0.1, -0.05) is 11.6 Å². The number of benzene rings is 1. The predicted molar refractivity (Wildman–Crippen MR) is 58.0 cm³/mol. The molecule has 5 heteroatoms. The Labute approximate surface area is 91.3 Å². The standard InChI is InChI=1S/C10H9ClFN3/c1-15-10(13)5-9(14-15)7-4-6(11)2-3-8(7)12/h2-5H,13H2,1H3. The average molecular weight is 226 g/mol. The monoisotopic (exact) mass is 225 g/mol. The van der Waals surface area contributed by atoms with Gasteiger partial charge in [-0.15, -0.1) is 0 Å². The summed E-state index contributed by atoms with van der Waals surface area (Å²) in [7, 11) is 1.70. The fourth-order valence-corrected chi connectivity index (χ4v) is 1.48. The lowest BCUT2D eigenvalue weighted by atomic mass is 10.1. The van der Waals surface area contributed by atoms with Crippen molar-refractivity contribution in [1.82, 2.24) is 9.78 Å². The minimum atomic E-state index is -0.363. The van der Waals surface area contributed by atoms with Crippen molar-refractivity contribution in [2.45, 2.75) is 0 Å². The minimum Gasteiger partial charge on any atom is -0.384 e. The number of hydrogen-bond donors (Lipinski definition) is 1. The maximum absolute atomic E-state index is 13.4. The molecule has 0 saturated carbocycles. The molecule has 0 bridgehead atoms. The summed E-state index contributed by atoms with van der Waals surface area (Å²) < 4.78 is 14.9. The largest absolute Gasteiger partial charge is 0.384 e. The van der Waals surface area contributed by atoms with Crippen LogP contribution in [0.3, 0.4) is 0 Å². The van der Waals surface area contributed by atoms with Gasteiger partial charge in [-0.05, 0) is 18.2 Å². The maximum atomic E-state index is 13.4. The molecule has 3 nitrogen and oxygen atoms in total. The molecule has 1 heterocycles. The number of aryl methyl sites for hydroxylation is 1. The van der Waals surface area contributed by atoms with E-state index >= 15 is 0 Å². The van der Waals surface area contributed by atoms with E-state index in [0.717, 1.165) is 0 Å². The van der Waals surface area contributed by atoms with Crippen LogP contribution in [-0.2, 0) is 7.05 Å². The van der Waals surface area contributed by atoms with E-state index < -0.39 is 0 Å². The van der Waals surface area contributed by atoms with Crippen LogP contribution in [0, 0.1) is 5.82 Å². The van der Waals surface area contributed by atoms with Crippen LogP contribution in [0.15, 0.2) is 24.3 Å². The van der Waals surface area contributed by atoms with Crippen LogP contribution in [0.5, 0.6) is 0 Å². The van der Waals surface area contributed by atoms with Crippen LogP contribution in [-0.4, -0.2) is 9.78 Å². The molecule has 0 radical (unpaired) electrons. The van der Waals surface area contributed by atoms with Crippen LogP contribution < -0.4 is 5.73 Å². The fraction of sp³-hybridized carbons (Fsp3) is 0.100. The summed E-state index contributed by atoms with van der Waals surface area (Å²) in [5.41, 5.74) is 6.45. The van der Waals surface area contributed by atoms with Gasteiger partial charge in [0.25, 0.3) is 0 Å². The van der Waals surface area contributed by atoms with E-state index in [4.69, 9.17) is 17.3 Å². The van der Waals surface area contributed by atoms with Gasteiger partial charge in [-0.25, -0.2) is 4.39 Å². The van der Waals surface area contributed by atoms with Crippen LogP contribution >= 0.6 is 11.6 Å². The third-order valence-electron chi connectivity index (χ3n) is 2.12. The Hall–Kier alpha value is -1.55. The summed E-state index contributed by atoms with van der Waals surface area (Å²) in [5, 5.41) is 4.54. The van der Waals surface area contributed by atoms with Crippen molar-refractivity contribution in [2.75, 3.05) is 5.73 Å². The van der Waals surface area contributed by atoms with Gasteiger partial charge in [0.1, 0.15) is 11.6 Å². The molecule has 0 spiro atoms. The molecule has 1 aromatic heterocycles. The summed E-state index contributed by atoms with van der Waals surface area (Å²) in [4.78, 5) is 0. The molecule has 0 saturated heterocycles. The van der Waals surface area contributed by atoms with Crippen molar-refractivity contribution in [3.8, 4) is 11.3 Å². The second kappa shape index (κ2) is 3.55. The van der Waals surface area contributed by atoms with Crippen molar-refractivity contribution < 1.29 is 4.39 Å². The molecule has 0 fully saturated rings. The van der Waals surface area contributed by atoms with E-state index in [-0.39, 0.29) is 5.82 Å². The molecule has 78 valence electrons. The number of hydrogen-bond acceptors (Lipinski definition) is 2. The topological polar surface area (TPSA) is 43.8 Å². The highest BCUT2D eigenvalue weighted by Crippen LogP contribution is 2.25. The Morgan fingerprint density at radius 1 is 1.40 bits per heavy atom. The predicted octanol–water partition coefficient (Wildman–Crippen LogP) is 2.46. The summed E-state index contributed by atoms with van der Waals surface area (Å²) in [6.07, 6.45) is 0. The van der Waals surface area contributed by atoms with E-state index in [0.29, 0.717) is 22.1 Å². The number of rotatable bonds is 1. The third-order valence-corrected chi connectivity index (χ3v) is 2.36. The molecular formula is C10H9ClFN3. The van der Waals surface area contributed by atoms with E-state index in [1.54, 1.807) is 13.1 Å². The van der Waals surface area contributed by atoms with Gasteiger partial charge in [0, 0.05) is 23.7 Å². The first-order valence-corrected chi connectivity index (χ1v) is 4.70. The van der Waals surface area contributed by atoms with Gasteiger partial charge in [0.05, 0.1) is 5.69 Å². The summed E-state index contributed by atoms with van der Waals surface area (Å²) in [5.74, 6) is 0.113. The zero-order chi connectivity index (χ0) is 11.0. The lowest BCUT2D eigenvalue weighted by molar-refractivity contribution is 0.630. The zero-order valence-electron chi connectivity index (χ0n) is 8.04. The molecular weight excluding hydrogens is 217 g/mol. The van der Waals surface area contributed by atoms with Gasteiger partial charge in [-0.3, -0.25) is 4.68 Å². The Balaban J connectivity index is 2.58. The summed E-state index contributed by atoms with van der Waals surface area (Å²) in [6, 6.07) is 5.93. The van der Waals surface area contributed by atoms with E-state index in [1.165, 1.54) is 22.9 Å². The Morgan fingerprint density at radius 2 is 2.13 bits per heavy atom. The first-order valence-electron chi connectivity index (χ1n) is 4.33. The molecule has 2 aromatic rings. The molecule has 15 heavy (non-hydrogen) atoms. The lowest BCUT2D eigenvalue weighted by Gasteiger charge is -1.99. The Kier molecular flexibility index (Phi) is 2.36.